The smallest absolute Gasteiger partial charge is 0.250 e. The summed E-state index contributed by atoms with van der Waals surface area (Å²) in [5.41, 5.74) is 11.6. The highest BCUT2D eigenvalue weighted by Gasteiger charge is 2.18. The second-order valence-electron chi connectivity index (χ2n) is 9.90. The summed E-state index contributed by atoms with van der Waals surface area (Å²) in [6, 6.07) is 31.9. The average Bonchev–Trinajstić information content (AvgIpc) is 3.65. The van der Waals surface area contributed by atoms with Crippen molar-refractivity contribution in [1.82, 2.24) is 24.9 Å². The summed E-state index contributed by atoms with van der Waals surface area (Å²) in [6.07, 6.45) is 7.25. The largest absolute Gasteiger partial charge is 0.361 e. The van der Waals surface area contributed by atoms with Gasteiger partial charge < -0.3 is 9.97 Å². The summed E-state index contributed by atoms with van der Waals surface area (Å²) in [6.45, 7) is 0. The van der Waals surface area contributed by atoms with E-state index in [9.17, 15) is 0 Å². The van der Waals surface area contributed by atoms with E-state index in [2.05, 4.69) is 67.9 Å². The van der Waals surface area contributed by atoms with Gasteiger partial charge in [-0.25, -0.2) is 10.9 Å². The predicted molar refractivity (Wildman–Crippen MR) is 189 cm³/mol. The number of nitrogens with one attached hydrogen (secondary N) is 4. The number of anilines is 5. The lowest BCUT2D eigenvalue weighted by molar-refractivity contribution is 0.991. The molecule has 4 aromatic carbocycles. The first-order chi connectivity index (χ1) is 22.1. The van der Waals surface area contributed by atoms with E-state index in [-0.39, 0.29) is 11.9 Å². The van der Waals surface area contributed by atoms with E-state index in [0.29, 0.717) is 5.95 Å². The fourth-order valence-corrected chi connectivity index (χ4v) is 5.58. The molecule has 4 N–H and O–H groups in total. The SMILES string of the molecule is Brc1ccc2[nH]cc(C=NNc3nc(NN=Cc4c[nH]c5ccc(Br)cc45)nc(N(c4ccccc4)c4ccccc4)n3)c2c1. The quantitative estimate of drug-likeness (QED) is 0.0875. The fraction of sp³-hybridized carbons (Fsp3) is 0. The molecule has 0 aliphatic heterocycles. The third-order valence-corrected chi connectivity index (χ3v) is 7.93. The molecule has 0 unspecified atom stereocenters. The normalized spacial score (nSPS) is 11.6. The Bertz CT molecular complexity index is 2010. The van der Waals surface area contributed by atoms with Gasteiger partial charge in [-0.1, -0.05) is 68.3 Å². The number of hydrogen-bond donors (Lipinski definition) is 4. The second kappa shape index (κ2) is 12.7. The van der Waals surface area contributed by atoms with Gasteiger partial charge in [-0.3, -0.25) is 4.90 Å². The van der Waals surface area contributed by atoms with Crippen LogP contribution in [0.1, 0.15) is 11.1 Å². The van der Waals surface area contributed by atoms with Crippen LogP contribution in [0.25, 0.3) is 21.8 Å². The molecule has 0 radical (unpaired) electrons. The number of rotatable bonds is 9. The molecule has 7 rings (SSSR count). The van der Waals surface area contributed by atoms with E-state index in [4.69, 9.17) is 9.97 Å². The first-order valence-electron chi connectivity index (χ1n) is 13.9. The Morgan fingerprint density at radius 3 is 1.53 bits per heavy atom. The van der Waals surface area contributed by atoms with E-state index in [1.807, 2.05) is 114 Å². The first kappa shape index (κ1) is 28.4. The molecule has 0 fully saturated rings. The molecule has 0 aliphatic carbocycles. The van der Waals surface area contributed by atoms with Crippen LogP contribution in [0, 0.1) is 0 Å². The maximum atomic E-state index is 4.75. The number of benzene rings is 4. The molecule has 3 aromatic heterocycles. The zero-order chi connectivity index (χ0) is 30.6. The number of para-hydroxylation sites is 2. The van der Waals surface area contributed by atoms with Gasteiger partial charge in [0.15, 0.2) is 0 Å². The van der Waals surface area contributed by atoms with Crippen LogP contribution < -0.4 is 15.8 Å². The molecule has 220 valence electrons. The minimum Gasteiger partial charge on any atom is -0.361 e. The average molecular weight is 720 g/mol. The van der Waals surface area contributed by atoms with Gasteiger partial charge in [-0.2, -0.15) is 25.2 Å². The van der Waals surface area contributed by atoms with Gasteiger partial charge in [0, 0.05) is 65.6 Å². The maximum absolute atomic E-state index is 4.75. The van der Waals surface area contributed by atoms with E-state index < -0.39 is 0 Å². The van der Waals surface area contributed by atoms with Crippen LogP contribution in [0.15, 0.2) is 129 Å². The number of halogens is 2. The van der Waals surface area contributed by atoms with Gasteiger partial charge in [0.05, 0.1) is 12.4 Å². The van der Waals surface area contributed by atoms with E-state index in [0.717, 1.165) is 53.3 Å². The van der Waals surface area contributed by atoms with Crippen molar-refractivity contribution in [3.63, 3.8) is 0 Å². The summed E-state index contributed by atoms with van der Waals surface area (Å²) in [5, 5.41) is 11.0. The van der Waals surface area contributed by atoms with Crippen LogP contribution in [0.3, 0.4) is 0 Å². The number of H-pyrrole nitrogens is 2. The summed E-state index contributed by atoms with van der Waals surface area (Å²) in [7, 11) is 0. The highest BCUT2D eigenvalue weighted by Crippen LogP contribution is 2.32. The fourth-order valence-electron chi connectivity index (χ4n) is 4.86. The number of aromatic nitrogens is 5. The molecule has 0 saturated heterocycles. The van der Waals surface area contributed by atoms with Crippen LogP contribution in [-0.4, -0.2) is 37.3 Å². The Balaban J connectivity index is 1.24. The molecule has 7 aromatic rings. The number of aromatic amines is 2. The van der Waals surface area contributed by atoms with Crippen molar-refractivity contribution in [3.8, 4) is 0 Å². The minimum atomic E-state index is 0.239. The van der Waals surface area contributed by atoms with Gasteiger partial charge in [0.2, 0.25) is 17.8 Å². The summed E-state index contributed by atoms with van der Waals surface area (Å²) < 4.78 is 1.97. The van der Waals surface area contributed by atoms with E-state index in [1.165, 1.54) is 0 Å². The molecule has 0 amide bonds. The Morgan fingerprint density at radius 1 is 0.600 bits per heavy atom. The molecular formula is C33H24Br2N10. The van der Waals surface area contributed by atoms with Gasteiger partial charge >= 0.3 is 0 Å². The lowest BCUT2D eigenvalue weighted by Gasteiger charge is -2.23. The number of hydrazone groups is 2. The van der Waals surface area contributed by atoms with Crippen molar-refractivity contribution < 1.29 is 0 Å². The topological polar surface area (TPSA) is 122 Å². The Morgan fingerprint density at radius 2 is 1.07 bits per heavy atom. The molecule has 0 spiro atoms. The van der Waals surface area contributed by atoms with Crippen LogP contribution in [-0.2, 0) is 0 Å². The first-order valence-corrected chi connectivity index (χ1v) is 15.5. The highest BCUT2D eigenvalue weighted by atomic mass is 79.9. The Kier molecular flexibility index (Phi) is 8.04. The number of hydrogen-bond acceptors (Lipinski definition) is 8. The van der Waals surface area contributed by atoms with Crippen molar-refractivity contribution in [3.05, 3.63) is 130 Å². The molecule has 0 aliphatic rings. The van der Waals surface area contributed by atoms with E-state index >= 15 is 0 Å². The molecule has 3 heterocycles. The predicted octanol–water partition coefficient (Wildman–Crippen LogP) is 8.72. The number of fused-ring (bicyclic) bond motifs is 2. The summed E-state index contributed by atoms with van der Waals surface area (Å²) >= 11 is 7.09. The standard InChI is InChI=1S/C33H24Br2N10/c34-23-11-13-29-27(15-23)21(17-36-29)19-38-43-31-40-32(44-39-20-22-18-37-30-14-12-24(35)16-28(22)30)42-33(41-31)45(25-7-3-1-4-8-25)26-9-5-2-6-10-26/h1-20,36-37H,(H2,40,41,42,43,44). The molecule has 0 atom stereocenters. The molecule has 45 heavy (non-hydrogen) atoms. The molecular weight excluding hydrogens is 696 g/mol. The monoisotopic (exact) mass is 718 g/mol. The van der Waals surface area contributed by atoms with Crippen LogP contribution >= 0.6 is 31.9 Å². The molecule has 0 bridgehead atoms. The van der Waals surface area contributed by atoms with Crippen molar-refractivity contribution >= 4 is 95.3 Å². The second-order valence-corrected chi connectivity index (χ2v) is 11.7. The molecule has 10 nitrogen and oxygen atoms in total. The molecule has 12 heteroatoms. The summed E-state index contributed by atoms with van der Waals surface area (Å²) in [4.78, 5) is 22.5. The van der Waals surface area contributed by atoms with Crippen LogP contribution in [0.2, 0.25) is 0 Å². The van der Waals surface area contributed by atoms with Crippen LogP contribution in [0.4, 0.5) is 29.2 Å². The number of nitrogens with zero attached hydrogens (tertiary/aromatic N) is 6. The highest BCUT2D eigenvalue weighted by molar-refractivity contribution is 9.10. The van der Waals surface area contributed by atoms with Crippen molar-refractivity contribution in [2.45, 2.75) is 0 Å². The van der Waals surface area contributed by atoms with Crippen molar-refractivity contribution in [2.75, 3.05) is 15.8 Å². The Labute approximate surface area is 274 Å². The van der Waals surface area contributed by atoms with E-state index in [1.54, 1.807) is 12.4 Å². The molecule has 0 saturated carbocycles. The van der Waals surface area contributed by atoms with Gasteiger partial charge in [-0.15, -0.1) is 0 Å². The van der Waals surface area contributed by atoms with Gasteiger partial charge in [-0.05, 0) is 60.7 Å². The van der Waals surface area contributed by atoms with Crippen molar-refractivity contribution in [2.24, 2.45) is 10.2 Å². The zero-order valence-electron chi connectivity index (χ0n) is 23.5. The van der Waals surface area contributed by atoms with Gasteiger partial charge in [0.25, 0.3) is 0 Å². The third-order valence-electron chi connectivity index (χ3n) is 6.94. The van der Waals surface area contributed by atoms with Crippen LogP contribution in [0.5, 0.6) is 0 Å². The lowest BCUT2D eigenvalue weighted by Crippen LogP contribution is -2.16. The lowest BCUT2D eigenvalue weighted by atomic mass is 10.2. The Hall–Kier alpha value is -5.33. The maximum Gasteiger partial charge on any atom is 0.250 e. The van der Waals surface area contributed by atoms with Crippen molar-refractivity contribution in [1.29, 1.82) is 0 Å². The third kappa shape index (κ3) is 6.33. The van der Waals surface area contributed by atoms with Gasteiger partial charge in [0.1, 0.15) is 0 Å². The summed E-state index contributed by atoms with van der Waals surface area (Å²) in [5.74, 6) is 0.857. The minimum absolute atomic E-state index is 0.239. The zero-order valence-corrected chi connectivity index (χ0v) is 26.7.